The highest BCUT2D eigenvalue weighted by Gasteiger charge is 2.34. The molecule has 0 atom stereocenters. The molecular formula is C21H28ClN3O3S. The molecule has 158 valence electrons. The van der Waals surface area contributed by atoms with Crippen molar-refractivity contribution in [2.45, 2.75) is 59.4 Å². The third kappa shape index (κ3) is 4.83. The van der Waals surface area contributed by atoms with Crippen molar-refractivity contribution in [2.24, 2.45) is 11.8 Å². The Morgan fingerprint density at radius 3 is 2.55 bits per heavy atom. The Balaban J connectivity index is 2.00. The molecule has 0 saturated heterocycles. The fraction of sp³-hybridized carbons (Fsp3) is 0.571. The number of halogens is 1. The summed E-state index contributed by atoms with van der Waals surface area (Å²) >= 11 is 7.42. The lowest BCUT2D eigenvalue weighted by Gasteiger charge is -2.32. The summed E-state index contributed by atoms with van der Waals surface area (Å²) in [5.74, 6) is 0.528. The van der Waals surface area contributed by atoms with E-state index in [0.29, 0.717) is 21.6 Å². The van der Waals surface area contributed by atoms with Gasteiger partial charge in [-0.05, 0) is 64.5 Å². The Morgan fingerprint density at radius 2 is 2.00 bits per heavy atom. The molecule has 0 unspecified atom stereocenters. The second-order valence-corrected chi connectivity index (χ2v) is 9.56. The predicted octanol–water partition coefficient (Wildman–Crippen LogP) is 5.33. The van der Waals surface area contributed by atoms with E-state index in [1.807, 2.05) is 19.9 Å². The molecule has 6 nitrogen and oxygen atoms in total. The summed E-state index contributed by atoms with van der Waals surface area (Å²) in [5.41, 5.74) is 0.294. The van der Waals surface area contributed by atoms with Gasteiger partial charge in [0.15, 0.2) is 5.82 Å². The van der Waals surface area contributed by atoms with E-state index in [4.69, 9.17) is 16.3 Å². The minimum absolute atomic E-state index is 0.0342. The smallest absolute Gasteiger partial charge is 0.343 e. The standard InChI is InChI=1S/C21H28ClN3O3S/c1-5-28-21(27)16-12-24(18-11-10-17(22)29-18)23-19(16)25(13(2)3)20(26)15-8-6-14(4)7-9-15/h10-15H,5-9H2,1-4H3. The number of amides is 1. The third-order valence-corrected chi connectivity index (χ3v) is 6.54. The van der Waals surface area contributed by atoms with Gasteiger partial charge in [0.2, 0.25) is 5.91 Å². The maximum absolute atomic E-state index is 13.4. The molecule has 3 rings (SSSR count). The van der Waals surface area contributed by atoms with Gasteiger partial charge < -0.3 is 4.74 Å². The summed E-state index contributed by atoms with van der Waals surface area (Å²) in [4.78, 5) is 27.7. The molecule has 8 heteroatoms. The van der Waals surface area contributed by atoms with Gasteiger partial charge in [-0.3, -0.25) is 9.69 Å². The summed E-state index contributed by atoms with van der Waals surface area (Å²) in [6.45, 7) is 8.13. The van der Waals surface area contributed by atoms with Crippen LogP contribution in [-0.4, -0.2) is 34.3 Å². The minimum atomic E-state index is -0.480. The molecule has 1 aliphatic rings. The number of esters is 1. The quantitative estimate of drug-likeness (QED) is 0.573. The number of aromatic nitrogens is 2. The van der Waals surface area contributed by atoms with Crippen LogP contribution in [0.2, 0.25) is 4.34 Å². The third-order valence-electron chi connectivity index (χ3n) is 5.32. The Morgan fingerprint density at radius 1 is 1.31 bits per heavy atom. The highest BCUT2D eigenvalue weighted by atomic mass is 35.5. The van der Waals surface area contributed by atoms with Crippen LogP contribution in [0.1, 0.15) is 63.7 Å². The molecule has 2 aromatic rings. The van der Waals surface area contributed by atoms with Crippen LogP contribution in [0.25, 0.3) is 5.00 Å². The number of carbonyl (C=O) groups is 2. The van der Waals surface area contributed by atoms with Crippen LogP contribution in [0.5, 0.6) is 0 Å². The molecule has 1 amide bonds. The summed E-state index contributed by atoms with van der Waals surface area (Å²) < 4.78 is 7.47. The largest absolute Gasteiger partial charge is 0.462 e. The molecule has 1 fully saturated rings. The molecule has 1 aliphatic carbocycles. The van der Waals surface area contributed by atoms with Gasteiger partial charge in [-0.2, -0.15) is 0 Å². The minimum Gasteiger partial charge on any atom is -0.462 e. The van der Waals surface area contributed by atoms with Crippen LogP contribution >= 0.6 is 22.9 Å². The van der Waals surface area contributed by atoms with Gasteiger partial charge in [0.1, 0.15) is 10.6 Å². The first kappa shape index (κ1) is 21.8. The number of carbonyl (C=O) groups excluding carboxylic acids is 2. The Hall–Kier alpha value is -1.86. The molecular weight excluding hydrogens is 410 g/mol. The van der Waals surface area contributed by atoms with Crippen molar-refractivity contribution in [3.63, 3.8) is 0 Å². The Labute approximate surface area is 180 Å². The molecule has 0 aliphatic heterocycles. The van der Waals surface area contributed by atoms with E-state index < -0.39 is 5.97 Å². The second-order valence-electron chi connectivity index (χ2n) is 7.87. The highest BCUT2D eigenvalue weighted by Crippen LogP contribution is 2.33. The lowest BCUT2D eigenvalue weighted by molar-refractivity contribution is -0.123. The van der Waals surface area contributed by atoms with Crippen molar-refractivity contribution in [3.05, 3.63) is 28.2 Å². The Bertz CT molecular complexity index is 868. The van der Waals surface area contributed by atoms with Crippen molar-refractivity contribution in [2.75, 3.05) is 11.5 Å². The van der Waals surface area contributed by atoms with Gasteiger partial charge in [-0.1, -0.05) is 18.5 Å². The maximum atomic E-state index is 13.4. The van der Waals surface area contributed by atoms with Crippen molar-refractivity contribution in [1.82, 2.24) is 9.78 Å². The molecule has 1 saturated carbocycles. The van der Waals surface area contributed by atoms with Crippen LogP contribution in [0.15, 0.2) is 18.3 Å². The van der Waals surface area contributed by atoms with Gasteiger partial charge in [0, 0.05) is 18.2 Å². The van der Waals surface area contributed by atoms with E-state index in [2.05, 4.69) is 12.0 Å². The topological polar surface area (TPSA) is 64.4 Å². The fourth-order valence-corrected chi connectivity index (χ4v) is 4.70. The lowest BCUT2D eigenvalue weighted by atomic mass is 9.82. The highest BCUT2D eigenvalue weighted by molar-refractivity contribution is 7.18. The zero-order valence-corrected chi connectivity index (χ0v) is 18.9. The van der Waals surface area contributed by atoms with Gasteiger partial charge in [-0.15, -0.1) is 16.4 Å². The first-order valence-electron chi connectivity index (χ1n) is 10.2. The van der Waals surface area contributed by atoms with Crippen LogP contribution in [0.3, 0.4) is 0 Å². The second kappa shape index (κ2) is 9.30. The van der Waals surface area contributed by atoms with E-state index in [1.165, 1.54) is 11.3 Å². The number of hydrogen-bond acceptors (Lipinski definition) is 5. The summed E-state index contributed by atoms with van der Waals surface area (Å²) in [5, 5.41) is 5.39. The van der Waals surface area contributed by atoms with Gasteiger partial charge in [-0.25, -0.2) is 9.48 Å². The van der Waals surface area contributed by atoms with E-state index in [-0.39, 0.29) is 24.5 Å². The molecule has 2 aromatic heterocycles. The Kier molecular flexibility index (Phi) is 7.01. The van der Waals surface area contributed by atoms with Crippen molar-refractivity contribution in [1.29, 1.82) is 0 Å². The molecule has 0 N–H and O–H groups in total. The van der Waals surface area contributed by atoms with E-state index in [9.17, 15) is 9.59 Å². The zero-order valence-electron chi connectivity index (χ0n) is 17.4. The van der Waals surface area contributed by atoms with Crippen LogP contribution < -0.4 is 4.90 Å². The molecule has 0 bridgehead atoms. The number of thiophene rings is 1. The molecule has 0 spiro atoms. The monoisotopic (exact) mass is 437 g/mol. The van der Waals surface area contributed by atoms with Crippen molar-refractivity contribution < 1.29 is 14.3 Å². The van der Waals surface area contributed by atoms with Gasteiger partial charge in [0.05, 0.1) is 10.9 Å². The van der Waals surface area contributed by atoms with Gasteiger partial charge >= 0.3 is 5.97 Å². The van der Waals surface area contributed by atoms with E-state index in [1.54, 1.807) is 28.8 Å². The van der Waals surface area contributed by atoms with Gasteiger partial charge in [0.25, 0.3) is 0 Å². The number of rotatable bonds is 6. The average Bonchev–Trinajstić information content (AvgIpc) is 3.29. The SMILES string of the molecule is CCOC(=O)c1cn(-c2ccc(Cl)s2)nc1N(C(=O)C1CCC(C)CC1)C(C)C. The average molecular weight is 438 g/mol. The number of nitrogens with zero attached hydrogens (tertiary/aromatic N) is 3. The first-order chi connectivity index (χ1) is 13.8. The van der Waals surface area contributed by atoms with Crippen LogP contribution in [0, 0.1) is 11.8 Å². The number of anilines is 1. The molecule has 29 heavy (non-hydrogen) atoms. The van der Waals surface area contributed by atoms with E-state index in [0.717, 1.165) is 30.7 Å². The number of hydrogen-bond donors (Lipinski definition) is 0. The summed E-state index contributed by atoms with van der Waals surface area (Å²) in [7, 11) is 0. The fourth-order valence-electron chi connectivity index (χ4n) is 3.74. The summed E-state index contributed by atoms with van der Waals surface area (Å²) in [6.07, 6.45) is 5.48. The normalized spacial score (nSPS) is 19.4. The van der Waals surface area contributed by atoms with Crippen LogP contribution in [0.4, 0.5) is 5.82 Å². The van der Waals surface area contributed by atoms with Crippen LogP contribution in [-0.2, 0) is 9.53 Å². The molecule has 0 aromatic carbocycles. The maximum Gasteiger partial charge on any atom is 0.343 e. The summed E-state index contributed by atoms with van der Waals surface area (Å²) in [6, 6.07) is 3.48. The van der Waals surface area contributed by atoms with Crippen molar-refractivity contribution in [3.8, 4) is 5.00 Å². The first-order valence-corrected chi connectivity index (χ1v) is 11.4. The number of ether oxygens (including phenoxy) is 1. The van der Waals surface area contributed by atoms with E-state index >= 15 is 0 Å². The zero-order chi connectivity index (χ0) is 21.1. The molecule has 0 radical (unpaired) electrons. The molecule has 2 heterocycles. The lowest BCUT2D eigenvalue weighted by Crippen LogP contribution is -2.43. The van der Waals surface area contributed by atoms with Crippen molar-refractivity contribution >= 4 is 40.6 Å². The predicted molar refractivity (Wildman–Crippen MR) is 116 cm³/mol.